The molecule has 2 aromatic rings. The number of aryl methyl sites for hydroxylation is 1. The normalized spacial score (nSPS) is 31.7. The second-order valence-corrected chi connectivity index (χ2v) is 11.6. The maximum Gasteiger partial charge on any atom is 0.203 e. The minimum atomic E-state index is -0.181. The topological polar surface area (TPSA) is 74.2 Å². The molecule has 0 aliphatic heterocycles. The van der Waals surface area contributed by atoms with Crippen LogP contribution in [-0.4, -0.2) is 45.4 Å². The molecule has 6 atom stereocenters. The smallest absolute Gasteiger partial charge is 0.203 e. The van der Waals surface area contributed by atoms with Crippen LogP contribution >= 0.6 is 0 Å². The van der Waals surface area contributed by atoms with Gasteiger partial charge in [-0.3, -0.25) is 4.79 Å². The van der Waals surface area contributed by atoms with Crippen LogP contribution in [0.15, 0.2) is 18.2 Å². The lowest BCUT2D eigenvalue weighted by molar-refractivity contribution is -0.0226. The number of fused-ring (bicyclic) bond motifs is 6. The molecule has 6 rings (SSSR count). The molecule has 2 fully saturated rings. The molecule has 0 amide bonds. The third-order valence-corrected chi connectivity index (χ3v) is 10.3. The van der Waals surface area contributed by atoms with Crippen molar-refractivity contribution in [1.29, 1.82) is 0 Å². The molecular weight excluding hydrogens is 468 g/mol. The second kappa shape index (κ2) is 8.93. The van der Waals surface area contributed by atoms with Crippen LogP contribution in [0.5, 0.6) is 23.0 Å². The van der Waals surface area contributed by atoms with E-state index in [2.05, 4.69) is 19.1 Å². The summed E-state index contributed by atoms with van der Waals surface area (Å²) >= 11 is 0. The number of hydrogen-bond acceptors (Lipinski definition) is 6. The first-order valence-corrected chi connectivity index (χ1v) is 13.6. The van der Waals surface area contributed by atoms with Gasteiger partial charge in [-0.15, -0.1) is 0 Å². The number of hydrogen-bond donors (Lipinski definition) is 1. The van der Waals surface area contributed by atoms with Gasteiger partial charge in [-0.1, -0.05) is 13.0 Å². The second-order valence-electron chi connectivity index (χ2n) is 11.6. The molecule has 0 bridgehead atoms. The lowest BCUT2D eigenvalue weighted by Crippen LogP contribution is -2.44. The standard InChI is InChI=1S/C31H38O6/c1-31-11-10-17-18(23(31)8-9-27(31)33)7-6-16-12-25(34-2)20(13-19(16)17)21-14-24(32)22-15-26(35-3)29(36-4)30(37-5)28(21)22/h12-13,15,17-18,21,23,27,33H,6-11,14H2,1-5H3/t17-,18+,21?,23-,27?,31-/m0/s1. The molecule has 2 saturated carbocycles. The van der Waals surface area contributed by atoms with Crippen LogP contribution in [0.2, 0.25) is 0 Å². The van der Waals surface area contributed by atoms with Crippen LogP contribution in [0.1, 0.15) is 89.9 Å². The van der Waals surface area contributed by atoms with Crippen LogP contribution in [0.4, 0.5) is 0 Å². The quantitative estimate of drug-likeness (QED) is 0.564. The molecule has 4 aliphatic rings. The van der Waals surface area contributed by atoms with E-state index in [1.165, 1.54) is 17.5 Å². The Kier molecular flexibility index (Phi) is 5.94. The van der Waals surface area contributed by atoms with Crippen LogP contribution < -0.4 is 18.9 Å². The van der Waals surface area contributed by atoms with Crippen LogP contribution in [0, 0.1) is 17.3 Å². The molecule has 2 aromatic carbocycles. The average molecular weight is 507 g/mol. The molecule has 2 unspecified atom stereocenters. The van der Waals surface area contributed by atoms with E-state index in [0.29, 0.717) is 47.0 Å². The Labute approximate surface area is 219 Å². The van der Waals surface area contributed by atoms with E-state index in [4.69, 9.17) is 18.9 Å². The van der Waals surface area contributed by atoms with Crippen molar-refractivity contribution in [2.75, 3.05) is 28.4 Å². The third-order valence-electron chi connectivity index (χ3n) is 10.3. The highest BCUT2D eigenvalue weighted by molar-refractivity contribution is 6.04. The van der Waals surface area contributed by atoms with Crippen molar-refractivity contribution < 1.29 is 28.8 Å². The van der Waals surface area contributed by atoms with Crippen molar-refractivity contribution in [3.8, 4) is 23.0 Å². The zero-order valence-electron chi connectivity index (χ0n) is 22.6. The zero-order chi connectivity index (χ0) is 26.1. The maximum atomic E-state index is 13.3. The van der Waals surface area contributed by atoms with Crippen LogP contribution in [0.25, 0.3) is 0 Å². The summed E-state index contributed by atoms with van der Waals surface area (Å²) in [6, 6.07) is 6.34. The monoisotopic (exact) mass is 506 g/mol. The summed E-state index contributed by atoms with van der Waals surface area (Å²) < 4.78 is 23.0. The van der Waals surface area contributed by atoms with Crippen molar-refractivity contribution in [1.82, 2.24) is 0 Å². The largest absolute Gasteiger partial charge is 0.496 e. The highest BCUT2D eigenvalue weighted by Gasteiger charge is 2.54. The number of methoxy groups -OCH3 is 4. The van der Waals surface area contributed by atoms with Crippen LogP contribution in [0.3, 0.4) is 0 Å². The molecule has 4 aliphatic carbocycles. The van der Waals surface area contributed by atoms with Crippen LogP contribution in [-0.2, 0) is 6.42 Å². The summed E-state index contributed by atoms with van der Waals surface area (Å²) in [5.74, 6) is 3.94. The van der Waals surface area contributed by atoms with Gasteiger partial charge in [0.2, 0.25) is 5.75 Å². The first-order chi connectivity index (χ1) is 17.9. The van der Waals surface area contributed by atoms with Gasteiger partial charge in [0.05, 0.1) is 34.5 Å². The molecule has 0 radical (unpaired) electrons. The first kappa shape index (κ1) is 24.6. The fraction of sp³-hybridized carbons (Fsp3) is 0.581. The van der Waals surface area contributed by atoms with Crippen molar-refractivity contribution in [2.24, 2.45) is 17.3 Å². The predicted molar refractivity (Wildman–Crippen MR) is 141 cm³/mol. The predicted octanol–water partition coefficient (Wildman–Crippen LogP) is 5.66. The Bertz CT molecular complexity index is 1250. The molecule has 6 nitrogen and oxygen atoms in total. The number of aliphatic hydroxyl groups excluding tert-OH is 1. The Hall–Kier alpha value is -2.73. The van der Waals surface area contributed by atoms with Crippen molar-refractivity contribution >= 4 is 5.78 Å². The number of rotatable bonds is 5. The van der Waals surface area contributed by atoms with E-state index >= 15 is 0 Å². The van der Waals surface area contributed by atoms with Crippen molar-refractivity contribution in [3.63, 3.8) is 0 Å². The van der Waals surface area contributed by atoms with Gasteiger partial charge in [0, 0.05) is 29.0 Å². The van der Waals surface area contributed by atoms with E-state index in [0.717, 1.165) is 49.0 Å². The third kappa shape index (κ3) is 3.44. The van der Waals surface area contributed by atoms with Gasteiger partial charge in [0.1, 0.15) is 5.75 Å². The molecule has 198 valence electrons. The van der Waals surface area contributed by atoms with Gasteiger partial charge in [-0.05, 0) is 85.0 Å². The number of aliphatic hydroxyl groups is 1. The van der Waals surface area contributed by atoms with E-state index in [1.54, 1.807) is 34.5 Å². The van der Waals surface area contributed by atoms with E-state index in [-0.39, 0.29) is 23.2 Å². The van der Waals surface area contributed by atoms with Gasteiger partial charge >= 0.3 is 0 Å². The maximum absolute atomic E-state index is 13.3. The van der Waals surface area contributed by atoms with Crippen molar-refractivity contribution in [3.05, 3.63) is 46.0 Å². The molecule has 0 spiro atoms. The number of carbonyl (C=O) groups excluding carboxylic acids is 1. The average Bonchev–Trinajstić information content (AvgIpc) is 3.41. The SMILES string of the molecule is COc1cc2c(cc1C1CC(=O)c3cc(OC)c(OC)c(OC)c31)[C@H]1CC[C@]3(C)C(O)CC[C@H]3[C@@H]1CC2. The Morgan fingerprint density at radius 1 is 0.865 bits per heavy atom. The van der Waals surface area contributed by atoms with Gasteiger partial charge in [-0.2, -0.15) is 0 Å². The fourth-order valence-electron chi connectivity index (χ4n) is 8.46. The minimum Gasteiger partial charge on any atom is -0.496 e. The summed E-state index contributed by atoms with van der Waals surface area (Å²) in [5, 5.41) is 10.8. The molecule has 1 N–H and O–H groups in total. The van der Waals surface area contributed by atoms with Gasteiger partial charge in [0.25, 0.3) is 0 Å². The van der Waals surface area contributed by atoms with E-state index in [9.17, 15) is 9.90 Å². The van der Waals surface area contributed by atoms with Gasteiger partial charge < -0.3 is 24.1 Å². The number of Topliss-reactive ketones (excluding diaryl/α,β-unsaturated/α-hetero) is 1. The lowest BCUT2D eigenvalue weighted by Gasteiger charge is -2.50. The Morgan fingerprint density at radius 2 is 1.62 bits per heavy atom. The summed E-state index contributed by atoms with van der Waals surface area (Å²) in [6.45, 7) is 2.32. The van der Waals surface area contributed by atoms with Crippen molar-refractivity contribution in [2.45, 2.75) is 69.8 Å². The molecule has 0 aromatic heterocycles. The highest BCUT2D eigenvalue weighted by Crippen LogP contribution is 2.62. The number of carbonyl (C=O) groups is 1. The van der Waals surface area contributed by atoms with E-state index in [1.807, 2.05) is 0 Å². The number of ether oxygens (including phenoxy) is 4. The van der Waals surface area contributed by atoms with Gasteiger partial charge in [-0.25, -0.2) is 0 Å². The summed E-state index contributed by atoms with van der Waals surface area (Å²) in [6.07, 6.45) is 6.60. The molecule has 0 heterocycles. The fourth-order valence-corrected chi connectivity index (χ4v) is 8.46. The van der Waals surface area contributed by atoms with E-state index < -0.39 is 0 Å². The molecule has 37 heavy (non-hydrogen) atoms. The Balaban J connectivity index is 1.47. The van der Waals surface area contributed by atoms with Gasteiger partial charge in [0.15, 0.2) is 17.3 Å². The summed E-state index contributed by atoms with van der Waals surface area (Å²) in [7, 11) is 6.49. The minimum absolute atomic E-state index is 0.0494. The number of ketones is 1. The molecular formula is C31H38O6. The molecule has 0 saturated heterocycles. The Morgan fingerprint density at radius 3 is 2.32 bits per heavy atom. The lowest BCUT2D eigenvalue weighted by atomic mass is 9.55. The highest BCUT2D eigenvalue weighted by atomic mass is 16.5. The number of benzene rings is 2. The first-order valence-electron chi connectivity index (χ1n) is 13.6. The molecule has 6 heteroatoms. The summed E-state index contributed by atoms with van der Waals surface area (Å²) in [5.41, 5.74) is 5.35. The zero-order valence-corrected chi connectivity index (χ0v) is 22.6. The summed E-state index contributed by atoms with van der Waals surface area (Å²) in [4.78, 5) is 13.3.